The van der Waals surface area contributed by atoms with Gasteiger partial charge in [-0.25, -0.2) is 4.79 Å². The minimum absolute atomic E-state index is 0. The van der Waals surface area contributed by atoms with Crippen LogP contribution >= 0.6 is 25.9 Å². The molecule has 0 saturated carbocycles. The molecular formula is CH11ClNa4O7S2. The molecule has 0 fully saturated rings. The third-order valence-corrected chi connectivity index (χ3v) is 0. The standard InChI is InChI=1S/CH2O3.ClH.4Na.H2O4S.H2S.4H/c2-1(3)4;;;;;;1-5(2,3)4;;;;;/h(H2,2,3,4);1H;;;;;(H2,1,2,3,4);1H2;;;;. The minimum atomic E-state index is -4.67. The molecule has 0 radical (unpaired) electrons. The molecule has 14 heteroatoms. The van der Waals surface area contributed by atoms with Gasteiger partial charge < -0.3 is 10.2 Å². The number of hydrogen-bond donors (Lipinski definition) is 4. The van der Waals surface area contributed by atoms with Crippen molar-refractivity contribution in [3.8, 4) is 0 Å². The van der Waals surface area contributed by atoms with Crippen LogP contribution in [-0.2, 0) is 10.4 Å². The third-order valence-electron chi connectivity index (χ3n) is 0. The number of carboxylic acid groups (broad SMARTS) is 2. The molecule has 0 aromatic rings. The summed E-state index contributed by atoms with van der Waals surface area (Å²) < 4.78 is 31.6. The Balaban J connectivity index is -0.00000000785. The van der Waals surface area contributed by atoms with Crippen LogP contribution in [-0.4, -0.2) is 152 Å². The van der Waals surface area contributed by atoms with Gasteiger partial charge in [0.1, 0.15) is 0 Å². The first-order valence-electron chi connectivity index (χ1n) is 1.35. The molecule has 0 aliphatic carbocycles. The van der Waals surface area contributed by atoms with E-state index in [9.17, 15) is 0 Å². The summed E-state index contributed by atoms with van der Waals surface area (Å²) in [5.74, 6) is 0. The van der Waals surface area contributed by atoms with Gasteiger partial charge in [0.25, 0.3) is 0 Å². The average molecular weight is 327 g/mol. The van der Waals surface area contributed by atoms with Crippen LogP contribution in [0.3, 0.4) is 0 Å². The van der Waals surface area contributed by atoms with Crippen molar-refractivity contribution < 1.29 is 32.5 Å². The summed E-state index contributed by atoms with van der Waals surface area (Å²) in [6, 6.07) is 0. The summed E-state index contributed by atoms with van der Waals surface area (Å²) in [6.07, 6.45) is -1.83. The van der Waals surface area contributed by atoms with Gasteiger partial charge in [-0.2, -0.15) is 21.9 Å². The van der Waals surface area contributed by atoms with Crippen molar-refractivity contribution in [2.75, 3.05) is 0 Å². The SMILES string of the molecule is Cl.O=C(O)O.O=S(=O)(O)O.S.[NaH].[NaH].[NaH].[NaH]. The fourth-order valence-electron chi connectivity index (χ4n) is 0. The first-order valence-corrected chi connectivity index (χ1v) is 2.75. The second-order valence-corrected chi connectivity index (χ2v) is 1.63. The van der Waals surface area contributed by atoms with E-state index < -0.39 is 16.6 Å². The van der Waals surface area contributed by atoms with E-state index >= 15 is 0 Å². The Bertz CT molecular complexity index is 171. The van der Waals surface area contributed by atoms with Crippen LogP contribution in [0.2, 0.25) is 0 Å². The van der Waals surface area contributed by atoms with E-state index in [1.165, 1.54) is 0 Å². The first-order chi connectivity index (χ1) is 3.73. The number of halogens is 1. The molecule has 0 aliphatic rings. The van der Waals surface area contributed by atoms with Crippen LogP contribution in [0.25, 0.3) is 0 Å². The van der Waals surface area contributed by atoms with Crippen molar-refractivity contribution in [2.24, 2.45) is 0 Å². The van der Waals surface area contributed by atoms with Gasteiger partial charge in [0, 0.05) is 0 Å². The zero-order valence-corrected chi connectivity index (χ0v) is 7.46. The Kier molecular flexibility index (Phi) is 104. The summed E-state index contributed by atoms with van der Waals surface area (Å²) >= 11 is 0. The molecule has 4 N–H and O–H groups in total. The van der Waals surface area contributed by atoms with Crippen LogP contribution in [0, 0.1) is 0 Å². The predicted octanol–water partition coefficient (Wildman–Crippen LogP) is -2.49. The van der Waals surface area contributed by atoms with Crippen LogP contribution in [0.1, 0.15) is 0 Å². The Morgan fingerprint density at radius 1 is 0.867 bits per heavy atom. The Labute approximate surface area is 189 Å². The van der Waals surface area contributed by atoms with Crippen molar-refractivity contribution in [1.82, 2.24) is 0 Å². The van der Waals surface area contributed by atoms with Crippen LogP contribution in [0.5, 0.6) is 0 Å². The zero-order chi connectivity index (χ0) is 8.08. The van der Waals surface area contributed by atoms with Gasteiger partial charge in [-0.15, -0.1) is 12.4 Å². The van der Waals surface area contributed by atoms with Gasteiger partial charge >= 0.3 is 135 Å². The molecule has 0 amide bonds. The molecule has 0 rings (SSSR count). The summed E-state index contributed by atoms with van der Waals surface area (Å²) in [5, 5.41) is 13.9. The Morgan fingerprint density at radius 2 is 0.867 bits per heavy atom. The second-order valence-electron chi connectivity index (χ2n) is 0.730. The molecule has 0 aromatic carbocycles. The van der Waals surface area contributed by atoms with Gasteiger partial charge in [-0.1, -0.05) is 0 Å². The van der Waals surface area contributed by atoms with E-state index in [-0.39, 0.29) is 144 Å². The van der Waals surface area contributed by atoms with Gasteiger partial charge in [-0.3, -0.25) is 9.11 Å². The quantitative estimate of drug-likeness (QED) is 0.286. The Morgan fingerprint density at radius 3 is 0.867 bits per heavy atom. The summed E-state index contributed by atoms with van der Waals surface area (Å²) in [5.41, 5.74) is 0. The predicted molar refractivity (Wildman–Crippen MR) is 71.1 cm³/mol. The molecule has 7 nitrogen and oxygen atoms in total. The van der Waals surface area contributed by atoms with Gasteiger partial charge in [-0.05, 0) is 0 Å². The molecule has 0 heterocycles. The van der Waals surface area contributed by atoms with Crippen LogP contribution < -0.4 is 0 Å². The summed E-state index contributed by atoms with van der Waals surface area (Å²) in [4.78, 5) is 8.56. The monoisotopic (exact) mass is 326 g/mol. The van der Waals surface area contributed by atoms with Crippen LogP contribution in [0.15, 0.2) is 0 Å². The molecule has 0 unspecified atom stereocenters. The van der Waals surface area contributed by atoms with E-state index in [1.807, 2.05) is 0 Å². The number of rotatable bonds is 0. The van der Waals surface area contributed by atoms with Crippen LogP contribution in [0.4, 0.5) is 4.79 Å². The summed E-state index contributed by atoms with van der Waals surface area (Å²) in [7, 11) is -4.67. The van der Waals surface area contributed by atoms with E-state index in [1.54, 1.807) is 0 Å². The van der Waals surface area contributed by atoms with Crippen molar-refractivity contribution in [3.05, 3.63) is 0 Å². The second kappa shape index (κ2) is 30.7. The topological polar surface area (TPSA) is 132 Å². The van der Waals surface area contributed by atoms with Crippen molar-refractivity contribution in [3.63, 3.8) is 0 Å². The van der Waals surface area contributed by atoms with E-state index in [0.717, 1.165) is 0 Å². The molecule has 15 heavy (non-hydrogen) atoms. The first kappa shape index (κ1) is 51.1. The molecule has 80 valence electrons. The molecule has 0 atom stereocenters. The van der Waals surface area contributed by atoms with E-state index in [0.29, 0.717) is 0 Å². The zero-order valence-electron chi connectivity index (χ0n) is 4.83. The molecule has 0 saturated heterocycles. The van der Waals surface area contributed by atoms with Gasteiger partial charge in [0.2, 0.25) is 0 Å². The molecule has 0 aliphatic heterocycles. The molecule has 0 bridgehead atoms. The molecule has 0 spiro atoms. The maximum absolute atomic E-state index is 8.74. The number of hydrogen-bond acceptors (Lipinski definition) is 3. The molecular weight excluding hydrogens is 316 g/mol. The fraction of sp³-hybridized carbons (Fsp3) is 0. The molecule has 0 aromatic heterocycles. The van der Waals surface area contributed by atoms with Gasteiger partial charge in [0.15, 0.2) is 0 Å². The van der Waals surface area contributed by atoms with Crippen molar-refractivity contribution >= 4 is 161 Å². The fourth-order valence-corrected chi connectivity index (χ4v) is 0. The van der Waals surface area contributed by atoms with Crippen molar-refractivity contribution in [1.29, 1.82) is 0 Å². The third kappa shape index (κ3) is 310. The maximum atomic E-state index is 8.74. The van der Waals surface area contributed by atoms with E-state index in [2.05, 4.69) is 0 Å². The normalized spacial score (nSPS) is 5.47. The number of carbonyl (C=O) groups is 1. The van der Waals surface area contributed by atoms with Crippen molar-refractivity contribution in [2.45, 2.75) is 0 Å². The summed E-state index contributed by atoms with van der Waals surface area (Å²) in [6.45, 7) is 0. The average Bonchev–Trinajstić information content (AvgIpc) is 1.19. The van der Waals surface area contributed by atoms with E-state index in [4.69, 9.17) is 32.5 Å². The van der Waals surface area contributed by atoms with Gasteiger partial charge in [0.05, 0.1) is 0 Å². The Hall–Kier alpha value is 3.78.